The molecule has 4 nitrogen and oxygen atoms in total. The lowest BCUT2D eigenvalue weighted by Gasteiger charge is -2.26. The number of aryl methyl sites for hydroxylation is 2. The van der Waals surface area contributed by atoms with Gasteiger partial charge in [-0.25, -0.2) is 8.42 Å². The first-order chi connectivity index (χ1) is 11.8. The summed E-state index contributed by atoms with van der Waals surface area (Å²) in [7, 11) is -3.71. The lowest BCUT2D eigenvalue weighted by molar-refractivity contribution is -0.105. The number of hydrogen-bond donors (Lipinski definition) is 0. The fourth-order valence-electron chi connectivity index (χ4n) is 3.13. The van der Waals surface area contributed by atoms with E-state index in [1.807, 2.05) is 45.0 Å². The summed E-state index contributed by atoms with van der Waals surface area (Å²) in [6.07, 6.45) is 0.782. The van der Waals surface area contributed by atoms with E-state index in [4.69, 9.17) is 0 Å². The highest BCUT2D eigenvalue weighted by molar-refractivity contribution is 7.89. The van der Waals surface area contributed by atoms with Crippen molar-refractivity contribution in [2.24, 2.45) is 0 Å². The fourth-order valence-corrected chi connectivity index (χ4v) is 4.76. The van der Waals surface area contributed by atoms with Gasteiger partial charge >= 0.3 is 0 Å². The van der Waals surface area contributed by atoms with E-state index in [9.17, 15) is 13.2 Å². The summed E-state index contributed by atoms with van der Waals surface area (Å²) in [4.78, 5) is 11.9. The second kappa shape index (κ2) is 6.58. The molecule has 0 unspecified atom stereocenters. The van der Waals surface area contributed by atoms with E-state index >= 15 is 0 Å². The van der Waals surface area contributed by atoms with E-state index in [1.54, 1.807) is 24.3 Å². The summed E-state index contributed by atoms with van der Waals surface area (Å²) in [6.45, 7) is 5.93. The Morgan fingerprint density at radius 3 is 1.96 bits per heavy atom. The maximum atomic E-state index is 13.2. The van der Waals surface area contributed by atoms with Crippen LogP contribution in [0.5, 0.6) is 0 Å². The van der Waals surface area contributed by atoms with Crippen molar-refractivity contribution >= 4 is 16.3 Å². The van der Waals surface area contributed by atoms with Gasteiger partial charge in [-0.05, 0) is 44.0 Å². The lowest BCUT2D eigenvalue weighted by Crippen LogP contribution is -2.32. The van der Waals surface area contributed by atoms with Crippen LogP contribution >= 0.6 is 0 Å². The van der Waals surface area contributed by atoms with E-state index in [2.05, 4.69) is 0 Å². The van der Waals surface area contributed by atoms with Crippen molar-refractivity contribution in [3.63, 3.8) is 0 Å². The quantitative estimate of drug-likeness (QED) is 0.788. The number of rotatable bonds is 4. The van der Waals surface area contributed by atoms with Gasteiger partial charge < -0.3 is 0 Å². The Kier molecular flexibility index (Phi) is 4.62. The molecule has 0 spiro atoms. The Hall–Kier alpha value is -2.24. The summed E-state index contributed by atoms with van der Waals surface area (Å²) in [6, 6.07) is 13.9. The van der Waals surface area contributed by atoms with Gasteiger partial charge in [0.05, 0.1) is 10.9 Å². The topological polar surface area (TPSA) is 54.5 Å². The lowest BCUT2D eigenvalue weighted by atomic mass is 9.99. The summed E-state index contributed by atoms with van der Waals surface area (Å²) >= 11 is 0. The first-order valence-electron chi connectivity index (χ1n) is 8.14. The Labute approximate surface area is 148 Å². The van der Waals surface area contributed by atoms with Gasteiger partial charge in [-0.1, -0.05) is 47.5 Å². The van der Waals surface area contributed by atoms with E-state index in [0.29, 0.717) is 5.57 Å². The van der Waals surface area contributed by atoms with Crippen LogP contribution in [0.25, 0.3) is 0 Å². The number of carbonyl (C=O) groups is 1. The molecule has 0 fully saturated rings. The molecule has 1 aliphatic rings. The molecule has 25 heavy (non-hydrogen) atoms. The molecule has 0 aromatic heterocycles. The summed E-state index contributed by atoms with van der Waals surface area (Å²) in [5, 5.41) is 0. The number of hydrogen-bond acceptors (Lipinski definition) is 3. The van der Waals surface area contributed by atoms with Crippen molar-refractivity contribution in [3.8, 4) is 0 Å². The summed E-state index contributed by atoms with van der Waals surface area (Å²) < 4.78 is 27.8. The second-order valence-corrected chi connectivity index (χ2v) is 8.42. The Morgan fingerprint density at radius 2 is 1.44 bits per heavy atom. The molecule has 0 radical (unpaired) electrons. The van der Waals surface area contributed by atoms with Crippen LogP contribution in [-0.4, -0.2) is 25.6 Å². The number of sulfonamides is 1. The van der Waals surface area contributed by atoms with Crippen LogP contribution in [0, 0.1) is 13.8 Å². The van der Waals surface area contributed by atoms with Gasteiger partial charge in [0, 0.05) is 12.1 Å². The Balaban J connectivity index is 2.09. The zero-order valence-electron chi connectivity index (χ0n) is 14.6. The molecule has 1 heterocycles. The molecule has 0 N–H and O–H groups in total. The Morgan fingerprint density at radius 1 is 0.920 bits per heavy atom. The summed E-state index contributed by atoms with van der Waals surface area (Å²) in [5.74, 6) is 0. The average molecular weight is 355 g/mol. The molecule has 0 saturated carbocycles. The molecular formula is C20H21NO3S. The maximum Gasteiger partial charge on any atom is 0.244 e. The monoisotopic (exact) mass is 355 g/mol. The van der Waals surface area contributed by atoms with Crippen LogP contribution in [0.2, 0.25) is 0 Å². The van der Waals surface area contributed by atoms with Crippen molar-refractivity contribution in [2.75, 3.05) is 6.54 Å². The average Bonchev–Trinajstić information content (AvgIpc) is 2.93. The van der Waals surface area contributed by atoms with Gasteiger partial charge in [0.25, 0.3) is 0 Å². The third kappa shape index (κ3) is 3.17. The van der Waals surface area contributed by atoms with Crippen LogP contribution in [0.15, 0.2) is 64.6 Å². The van der Waals surface area contributed by atoms with Crippen LogP contribution in [0.4, 0.5) is 0 Å². The normalized spacial score (nSPS) is 18.6. The van der Waals surface area contributed by atoms with Crippen LogP contribution < -0.4 is 0 Å². The highest BCUT2D eigenvalue weighted by atomic mass is 32.2. The third-order valence-corrected chi connectivity index (χ3v) is 6.44. The second-order valence-electron chi connectivity index (χ2n) is 6.53. The fraction of sp³-hybridized carbons (Fsp3) is 0.250. The van der Waals surface area contributed by atoms with Gasteiger partial charge in [0.2, 0.25) is 10.0 Å². The first kappa shape index (κ1) is 17.6. The molecule has 1 aliphatic heterocycles. The van der Waals surface area contributed by atoms with E-state index in [-0.39, 0.29) is 11.4 Å². The molecule has 130 valence electrons. The zero-order chi connectivity index (χ0) is 18.2. The predicted octanol–water partition coefficient (Wildman–Crippen LogP) is 3.56. The maximum absolute atomic E-state index is 13.2. The largest absolute Gasteiger partial charge is 0.298 e. The molecule has 5 heteroatoms. The standard InChI is InChI=1S/C20H21NO3S/c1-14-4-8-17(9-5-14)20-19(13-22)16(3)12-21(20)25(23,24)18-10-6-15(2)7-11-18/h4-11,13,20H,12H2,1-3H3/t20-/m1/s1. The molecular weight excluding hydrogens is 334 g/mol. The highest BCUT2D eigenvalue weighted by Crippen LogP contribution is 2.39. The van der Waals surface area contributed by atoms with Gasteiger partial charge in [-0.15, -0.1) is 0 Å². The number of carbonyl (C=O) groups excluding carboxylic acids is 1. The number of benzene rings is 2. The van der Waals surface area contributed by atoms with E-state index in [1.165, 1.54) is 4.31 Å². The minimum Gasteiger partial charge on any atom is -0.298 e. The number of aldehydes is 1. The van der Waals surface area contributed by atoms with Gasteiger partial charge in [0.1, 0.15) is 6.29 Å². The smallest absolute Gasteiger partial charge is 0.244 e. The van der Waals surface area contributed by atoms with Crippen LogP contribution in [-0.2, 0) is 14.8 Å². The molecule has 0 bridgehead atoms. The van der Waals surface area contributed by atoms with Crippen molar-refractivity contribution in [2.45, 2.75) is 31.7 Å². The van der Waals surface area contributed by atoms with Gasteiger partial charge in [-0.2, -0.15) is 4.31 Å². The minimum absolute atomic E-state index is 0.225. The molecule has 3 rings (SSSR count). The van der Waals surface area contributed by atoms with E-state index in [0.717, 1.165) is 28.5 Å². The highest BCUT2D eigenvalue weighted by Gasteiger charge is 2.40. The van der Waals surface area contributed by atoms with Gasteiger partial charge in [-0.3, -0.25) is 4.79 Å². The third-order valence-electron chi connectivity index (χ3n) is 4.62. The molecule has 0 amide bonds. The molecule has 0 saturated heterocycles. The first-order valence-corrected chi connectivity index (χ1v) is 9.58. The zero-order valence-corrected chi connectivity index (χ0v) is 15.4. The van der Waals surface area contributed by atoms with Crippen molar-refractivity contribution < 1.29 is 13.2 Å². The van der Waals surface area contributed by atoms with Crippen molar-refractivity contribution in [1.29, 1.82) is 0 Å². The predicted molar refractivity (Wildman–Crippen MR) is 97.8 cm³/mol. The minimum atomic E-state index is -3.71. The Bertz CT molecular complexity index is 926. The van der Waals surface area contributed by atoms with E-state index < -0.39 is 16.1 Å². The van der Waals surface area contributed by atoms with Gasteiger partial charge in [0.15, 0.2) is 0 Å². The SMILES string of the molecule is CC1=C(C=O)[C@@H](c2ccc(C)cc2)N(S(=O)(=O)c2ccc(C)cc2)C1. The molecule has 2 aromatic rings. The van der Waals surface area contributed by atoms with Crippen molar-refractivity contribution in [3.05, 3.63) is 76.4 Å². The molecule has 1 atom stereocenters. The number of nitrogens with zero attached hydrogens (tertiary/aromatic N) is 1. The summed E-state index contributed by atoms with van der Waals surface area (Å²) in [5.41, 5.74) is 4.21. The molecule has 2 aromatic carbocycles. The van der Waals surface area contributed by atoms with Crippen molar-refractivity contribution in [1.82, 2.24) is 4.31 Å². The van der Waals surface area contributed by atoms with Crippen LogP contribution in [0.1, 0.15) is 29.7 Å². The molecule has 0 aliphatic carbocycles. The van der Waals surface area contributed by atoms with Crippen LogP contribution in [0.3, 0.4) is 0 Å².